The normalized spacial score (nSPS) is 14.1. The van der Waals surface area contributed by atoms with Crippen molar-refractivity contribution in [2.45, 2.75) is 52.5 Å². The molecule has 0 aromatic carbocycles. The molecular weight excluding hydrogens is 174 g/mol. The standard InChI is InChI=1S/C12H21NO/c1-5-8-9-11(7-3)12(14)13-10(4)6-2/h2,10-11H,5,7-9H2,1,3-4H3,(H,13,14). The molecule has 0 fully saturated rings. The lowest BCUT2D eigenvalue weighted by Crippen LogP contribution is -2.36. The van der Waals surface area contributed by atoms with Gasteiger partial charge in [0.2, 0.25) is 5.91 Å². The average molecular weight is 195 g/mol. The highest BCUT2D eigenvalue weighted by atomic mass is 16.1. The molecule has 0 saturated carbocycles. The molecule has 0 rings (SSSR count). The van der Waals surface area contributed by atoms with Crippen LogP contribution < -0.4 is 5.32 Å². The van der Waals surface area contributed by atoms with Gasteiger partial charge in [-0.15, -0.1) is 6.42 Å². The van der Waals surface area contributed by atoms with Crippen LogP contribution in [-0.4, -0.2) is 11.9 Å². The van der Waals surface area contributed by atoms with Gasteiger partial charge < -0.3 is 5.32 Å². The zero-order chi connectivity index (χ0) is 11.0. The van der Waals surface area contributed by atoms with Gasteiger partial charge in [-0.05, 0) is 19.8 Å². The van der Waals surface area contributed by atoms with Gasteiger partial charge in [-0.25, -0.2) is 0 Å². The monoisotopic (exact) mass is 195 g/mol. The molecule has 1 N–H and O–H groups in total. The molecule has 0 saturated heterocycles. The average Bonchev–Trinajstić information content (AvgIpc) is 2.18. The summed E-state index contributed by atoms with van der Waals surface area (Å²) in [5.41, 5.74) is 0. The lowest BCUT2D eigenvalue weighted by molar-refractivity contribution is -0.125. The molecule has 1 amide bonds. The van der Waals surface area contributed by atoms with Crippen molar-refractivity contribution in [2.24, 2.45) is 5.92 Å². The summed E-state index contributed by atoms with van der Waals surface area (Å²) in [5.74, 6) is 2.73. The first-order valence-electron chi connectivity index (χ1n) is 5.42. The quantitative estimate of drug-likeness (QED) is 0.648. The summed E-state index contributed by atoms with van der Waals surface area (Å²) in [6.45, 7) is 6.00. The van der Waals surface area contributed by atoms with Crippen LogP contribution in [0.1, 0.15) is 46.5 Å². The number of hydrogen-bond donors (Lipinski definition) is 1. The Hall–Kier alpha value is -0.970. The summed E-state index contributed by atoms with van der Waals surface area (Å²) in [4.78, 5) is 11.6. The van der Waals surface area contributed by atoms with Gasteiger partial charge >= 0.3 is 0 Å². The van der Waals surface area contributed by atoms with Crippen molar-refractivity contribution in [1.82, 2.24) is 5.32 Å². The van der Waals surface area contributed by atoms with Gasteiger partial charge in [-0.1, -0.05) is 32.6 Å². The second-order valence-corrected chi connectivity index (χ2v) is 3.64. The molecule has 0 aromatic heterocycles. The van der Waals surface area contributed by atoms with E-state index in [-0.39, 0.29) is 17.9 Å². The number of carbonyl (C=O) groups is 1. The van der Waals surface area contributed by atoms with Crippen LogP contribution >= 0.6 is 0 Å². The predicted octanol–water partition coefficient (Wildman–Crippen LogP) is 2.34. The van der Waals surface area contributed by atoms with Crippen LogP contribution in [0.5, 0.6) is 0 Å². The number of nitrogens with one attached hydrogen (secondary N) is 1. The molecule has 2 heteroatoms. The maximum absolute atomic E-state index is 11.6. The Kier molecular flexibility index (Phi) is 6.92. The summed E-state index contributed by atoms with van der Waals surface area (Å²) in [6, 6.07) is -0.154. The Morgan fingerprint density at radius 3 is 2.57 bits per heavy atom. The van der Waals surface area contributed by atoms with Crippen LogP contribution in [0, 0.1) is 18.3 Å². The molecule has 0 aliphatic carbocycles. The zero-order valence-electron chi connectivity index (χ0n) is 9.47. The van der Waals surface area contributed by atoms with Crippen LogP contribution in [0.25, 0.3) is 0 Å². The molecule has 2 atom stereocenters. The second-order valence-electron chi connectivity index (χ2n) is 3.64. The fraction of sp³-hybridized carbons (Fsp3) is 0.750. The summed E-state index contributed by atoms with van der Waals surface area (Å²) < 4.78 is 0. The van der Waals surface area contributed by atoms with Crippen LogP contribution in [0.3, 0.4) is 0 Å². The van der Waals surface area contributed by atoms with Gasteiger partial charge in [0, 0.05) is 5.92 Å². The van der Waals surface area contributed by atoms with Crippen molar-refractivity contribution >= 4 is 5.91 Å². The Labute approximate surface area is 87.5 Å². The molecule has 0 aliphatic rings. The molecule has 0 aromatic rings. The van der Waals surface area contributed by atoms with Crippen molar-refractivity contribution in [3.05, 3.63) is 0 Å². The number of rotatable bonds is 6. The van der Waals surface area contributed by atoms with E-state index in [9.17, 15) is 4.79 Å². The molecule has 0 heterocycles. The zero-order valence-corrected chi connectivity index (χ0v) is 9.47. The van der Waals surface area contributed by atoms with Crippen molar-refractivity contribution in [3.8, 4) is 12.3 Å². The first-order valence-corrected chi connectivity index (χ1v) is 5.42. The SMILES string of the molecule is C#CC(C)NC(=O)C(CC)CCCC. The molecule has 2 nitrogen and oxygen atoms in total. The molecule has 0 spiro atoms. The second kappa shape index (κ2) is 7.44. The van der Waals surface area contributed by atoms with E-state index in [1.165, 1.54) is 0 Å². The van der Waals surface area contributed by atoms with Crippen molar-refractivity contribution in [1.29, 1.82) is 0 Å². The lowest BCUT2D eigenvalue weighted by Gasteiger charge is -2.15. The van der Waals surface area contributed by atoms with E-state index in [2.05, 4.69) is 18.2 Å². The highest BCUT2D eigenvalue weighted by molar-refractivity contribution is 5.79. The third-order valence-electron chi connectivity index (χ3n) is 2.38. The van der Waals surface area contributed by atoms with Crippen molar-refractivity contribution in [3.63, 3.8) is 0 Å². The van der Waals surface area contributed by atoms with E-state index in [1.54, 1.807) is 0 Å². The Morgan fingerprint density at radius 1 is 1.50 bits per heavy atom. The highest BCUT2D eigenvalue weighted by Crippen LogP contribution is 2.12. The van der Waals surface area contributed by atoms with E-state index in [0.29, 0.717) is 0 Å². The number of amides is 1. The Bertz CT molecular complexity index is 205. The minimum absolute atomic E-state index is 0.103. The number of unbranched alkanes of at least 4 members (excludes halogenated alkanes) is 1. The van der Waals surface area contributed by atoms with Crippen LogP contribution in [0.15, 0.2) is 0 Å². The third kappa shape index (κ3) is 4.91. The molecule has 0 radical (unpaired) electrons. The topological polar surface area (TPSA) is 29.1 Å². The van der Waals surface area contributed by atoms with E-state index >= 15 is 0 Å². The van der Waals surface area contributed by atoms with Crippen LogP contribution in [0.4, 0.5) is 0 Å². The summed E-state index contributed by atoms with van der Waals surface area (Å²) in [5, 5.41) is 2.81. The van der Waals surface area contributed by atoms with E-state index in [4.69, 9.17) is 6.42 Å². The first-order chi connectivity index (χ1) is 6.65. The predicted molar refractivity (Wildman–Crippen MR) is 59.7 cm³/mol. The van der Waals surface area contributed by atoms with Gasteiger partial charge in [0.25, 0.3) is 0 Å². The Balaban J connectivity index is 3.98. The fourth-order valence-corrected chi connectivity index (χ4v) is 1.34. The molecule has 0 bridgehead atoms. The molecule has 80 valence electrons. The van der Waals surface area contributed by atoms with E-state index < -0.39 is 0 Å². The largest absolute Gasteiger partial charge is 0.343 e. The molecule has 0 aliphatic heterocycles. The summed E-state index contributed by atoms with van der Waals surface area (Å²) in [7, 11) is 0. The molecule has 2 unspecified atom stereocenters. The highest BCUT2D eigenvalue weighted by Gasteiger charge is 2.16. The minimum atomic E-state index is -0.154. The summed E-state index contributed by atoms with van der Waals surface area (Å²) >= 11 is 0. The molecular formula is C12H21NO. The minimum Gasteiger partial charge on any atom is -0.343 e. The van der Waals surface area contributed by atoms with Gasteiger partial charge in [0.1, 0.15) is 0 Å². The smallest absolute Gasteiger partial charge is 0.224 e. The third-order valence-corrected chi connectivity index (χ3v) is 2.38. The van der Waals surface area contributed by atoms with Crippen molar-refractivity contribution in [2.75, 3.05) is 0 Å². The molecule has 14 heavy (non-hydrogen) atoms. The van der Waals surface area contributed by atoms with E-state index in [0.717, 1.165) is 25.7 Å². The van der Waals surface area contributed by atoms with Crippen LogP contribution in [0.2, 0.25) is 0 Å². The maximum Gasteiger partial charge on any atom is 0.224 e. The first kappa shape index (κ1) is 13.0. The lowest BCUT2D eigenvalue weighted by atomic mass is 9.98. The number of hydrogen-bond acceptors (Lipinski definition) is 1. The fourth-order valence-electron chi connectivity index (χ4n) is 1.34. The van der Waals surface area contributed by atoms with Gasteiger partial charge in [-0.2, -0.15) is 0 Å². The summed E-state index contributed by atoms with van der Waals surface area (Å²) in [6.07, 6.45) is 9.30. The van der Waals surface area contributed by atoms with Gasteiger partial charge in [-0.3, -0.25) is 4.79 Å². The number of carbonyl (C=O) groups excluding carboxylic acids is 1. The van der Waals surface area contributed by atoms with Gasteiger partial charge in [0.05, 0.1) is 6.04 Å². The Morgan fingerprint density at radius 2 is 2.14 bits per heavy atom. The number of terminal acetylenes is 1. The maximum atomic E-state index is 11.6. The van der Waals surface area contributed by atoms with Crippen LogP contribution in [-0.2, 0) is 4.79 Å². The van der Waals surface area contributed by atoms with E-state index in [1.807, 2.05) is 13.8 Å². The van der Waals surface area contributed by atoms with Gasteiger partial charge in [0.15, 0.2) is 0 Å². The van der Waals surface area contributed by atoms with Crippen molar-refractivity contribution < 1.29 is 4.79 Å².